The van der Waals surface area contributed by atoms with Gasteiger partial charge in [0, 0.05) is 13.1 Å². The van der Waals surface area contributed by atoms with E-state index < -0.39 is 11.4 Å². The molecular formula is C21H21FN2O3. The summed E-state index contributed by atoms with van der Waals surface area (Å²) < 4.78 is 20.1. The fourth-order valence-electron chi connectivity index (χ4n) is 4.10. The van der Waals surface area contributed by atoms with Crippen molar-refractivity contribution in [2.45, 2.75) is 25.0 Å². The van der Waals surface area contributed by atoms with Gasteiger partial charge in [0.15, 0.2) is 0 Å². The number of nitrogens with one attached hydrogen (secondary N) is 1. The quantitative estimate of drug-likeness (QED) is 0.886. The summed E-state index contributed by atoms with van der Waals surface area (Å²) in [5.74, 6) is -1.02. The van der Waals surface area contributed by atoms with E-state index in [-0.39, 0.29) is 30.1 Å². The SMILES string of the molecule is Cc1cccc(F)c1C(=O)N1CC[C@@]2(c3ccccc3)NC(=O)CO[C@@H]2C1. The van der Waals surface area contributed by atoms with Crippen LogP contribution in [0.5, 0.6) is 0 Å². The standard InChI is InChI=1S/C21H21FN2O3/c1-14-6-5-9-16(22)19(14)20(26)24-11-10-21(15-7-3-2-4-8-15)17(12-24)27-13-18(25)23-21/h2-9,17H,10-13H2,1H3,(H,23,25)/t17-,21+/m1/s1. The van der Waals surface area contributed by atoms with E-state index >= 15 is 0 Å². The van der Waals surface area contributed by atoms with Gasteiger partial charge in [0.1, 0.15) is 18.5 Å². The average Bonchev–Trinajstić information content (AvgIpc) is 2.68. The Kier molecular flexibility index (Phi) is 4.44. The lowest BCUT2D eigenvalue weighted by Gasteiger charge is -2.50. The van der Waals surface area contributed by atoms with Crippen molar-refractivity contribution in [2.75, 3.05) is 19.7 Å². The summed E-state index contributed by atoms with van der Waals surface area (Å²) in [4.78, 5) is 26.6. The Labute approximate surface area is 157 Å². The van der Waals surface area contributed by atoms with Crippen LogP contribution < -0.4 is 5.32 Å². The zero-order chi connectivity index (χ0) is 19.0. The summed E-state index contributed by atoms with van der Waals surface area (Å²) in [6.45, 7) is 2.38. The number of piperidine rings is 1. The predicted molar refractivity (Wildman–Crippen MR) is 97.7 cm³/mol. The first kappa shape index (κ1) is 17.7. The normalized spacial score (nSPS) is 24.9. The highest BCUT2D eigenvalue weighted by Gasteiger charge is 2.50. The van der Waals surface area contributed by atoms with Crippen molar-refractivity contribution in [1.82, 2.24) is 10.2 Å². The molecule has 0 aromatic heterocycles. The highest BCUT2D eigenvalue weighted by Crippen LogP contribution is 2.37. The third kappa shape index (κ3) is 3.00. The average molecular weight is 368 g/mol. The van der Waals surface area contributed by atoms with Crippen molar-refractivity contribution in [1.29, 1.82) is 0 Å². The van der Waals surface area contributed by atoms with Gasteiger partial charge < -0.3 is 15.0 Å². The number of nitrogens with zero attached hydrogens (tertiary/aromatic N) is 1. The van der Waals surface area contributed by atoms with Crippen LogP contribution in [0.25, 0.3) is 0 Å². The third-order valence-corrected chi connectivity index (χ3v) is 5.50. The van der Waals surface area contributed by atoms with Gasteiger partial charge in [0.2, 0.25) is 5.91 Å². The van der Waals surface area contributed by atoms with Crippen LogP contribution >= 0.6 is 0 Å². The number of ether oxygens (including phenoxy) is 1. The number of aryl methyl sites for hydroxylation is 1. The number of hydrogen-bond acceptors (Lipinski definition) is 3. The number of hydrogen-bond donors (Lipinski definition) is 1. The maximum atomic E-state index is 14.2. The van der Waals surface area contributed by atoms with Crippen molar-refractivity contribution in [3.63, 3.8) is 0 Å². The molecule has 0 saturated carbocycles. The smallest absolute Gasteiger partial charge is 0.257 e. The molecule has 2 aromatic rings. The molecule has 2 saturated heterocycles. The first-order valence-corrected chi connectivity index (χ1v) is 9.04. The van der Waals surface area contributed by atoms with Crippen molar-refractivity contribution in [3.8, 4) is 0 Å². The number of carbonyl (C=O) groups is 2. The molecule has 0 bridgehead atoms. The summed E-state index contributed by atoms with van der Waals surface area (Å²) in [5.41, 5.74) is 0.997. The molecule has 0 radical (unpaired) electrons. The maximum absolute atomic E-state index is 14.2. The van der Waals surface area contributed by atoms with Gasteiger partial charge in [-0.15, -0.1) is 0 Å². The van der Waals surface area contributed by atoms with E-state index in [1.165, 1.54) is 6.07 Å². The zero-order valence-corrected chi connectivity index (χ0v) is 15.1. The zero-order valence-electron chi connectivity index (χ0n) is 15.1. The van der Waals surface area contributed by atoms with Crippen LogP contribution in [0.2, 0.25) is 0 Å². The Balaban J connectivity index is 1.64. The van der Waals surface area contributed by atoms with Gasteiger partial charge in [-0.3, -0.25) is 9.59 Å². The molecule has 2 aliphatic rings. The molecule has 2 fully saturated rings. The lowest BCUT2D eigenvalue weighted by atomic mass is 9.77. The molecule has 6 heteroatoms. The monoisotopic (exact) mass is 368 g/mol. The van der Waals surface area contributed by atoms with Crippen LogP contribution in [-0.4, -0.2) is 42.5 Å². The number of rotatable bonds is 2. The molecular weight excluding hydrogens is 347 g/mol. The Morgan fingerprint density at radius 3 is 2.74 bits per heavy atom. The minimum absolute atomic E-state index is 0.0417. The second kappa shape index (κ2) is 6.78. The Bertz CT molecular complexity index is 866. The second-order valence-corrected chi connectivity index (χ2v) is 7.12. The summed E-state index contributed by atoms with van der Waals surface area (Å²) in [5, 5.41) is 3.09. The lowest BCUT2D eigenvalue weighted by molar-refractivity contribution is -0.150. The highest BCUT2D eigenvalue weighted by atomic mass is 19.1. The van der Waals surface area contributed by atoms with Crippen molar-refractivity contribution in [3.05, 3.63) is 71.0 Å². The molecule has 5 nitrogen and oxygen atoms in total. The van der Waals surface area contributed by atoms with Crippen LogP contribution in [0.3, 0.4) is 0 Å². The van der Waals surface area contributed by atoms with Gasteiger partial charge in [-0.2, -0.15) is 0 Å². The molecule has 4 rings (SSSR count). The largest absolute Gasteiger partial charge is 0.364 e. The topological polar surface area (TPSA) is 58.6 Å². The third-order valence-electron chi connectivity index (χ3n) is 5.50. The van der Waals surface area contributed by atoms with Crippen LogP contribution in [-0.2, 0) is 15.1 Å². The Morgan fingerprint density at radius 2 is 2.00 bits per heavy atom. The molecule has 2 amide bonds. The van der Waals surface area contributed by atoms with E-state index in [0.29, 0.717) is 25.1 Å². The number of halogens is 1. The highest BCUT2D eigenvalue weighted by molar-refractivity contribution is 5.96. The van der Waals surface area contributed by atoms with E-state index in [9.17, 15) is 14.0 Å². The summed E-state index contributed by atoms with van der Waals surface area (Å²) in [6.07, 6.45) is 0.120. The fourth-order valence-corrected chi connectivity index (χ4v) is 4.10. The Hall–Kier alpha value is -2.73. The molecule has 0 unspecified atom stereocenters. The van der Waals surface area contributed by atoms with E-state index in [4.69, 9.17) is 4.74 Å². The summed E-state index contributed by atoms with van der Waals surface area (Å²) >= 11 is 0. The van der Waals surface area contributed by atoms with Gasteiger partial charge in [0.05, 0.1) is 11.1 Å². The van der Waals surface area contributed by atoms with Crippen molar-refractivity contribution >= 4 is 11.8 Å². The van der Waals surface area contributed by atoms with E-state index in [2.05, 4.69) is 5.32 Å². The van der Waals surface area contributed by atoms with E-state index in [0.717, 1.165) is 5.56 Å². The Morgan fingerprint density at radius 1 is 1.22 bits per heavy atom. The molecule has 140 valence electrons. The summed E-state index contributed by atoms with van der Waals surface area (Å²) in [7, 11) is 0. The molecule has 0 spiro atoms. The minimum atomic E-state index is -0.669. The van der Waals surface area contributed by atoms with Crippen molar-refractivity contribution < 1.29 is 18.7 Å². The molecule has 27 heavy (non-hydrogen) atoms. The predicted octanol–water partition coefficient (Wildman–Crippen LogP) is 2.39. The van der Waals surface area contributed by atoms with Crippen molar-refractivity contribution in [2.24, 2.45) is 0 Å². The first-order valence-electron chi connectivity index (χ1n) is 9.04. The maximum Gasteiger partial charge on any atom is 0.257 e. The van der Waals surface area contributed by atoms with E-state index in [1.54, 1.807) is 24.0 Å². The molecule has 2 aliphatic heterocycles. The van der Waals surface area contributed by atoms with Gasteiger partial charge >= 0.3 is 0 Å². The van der Waals surface area contributed by atoms with Gasteiger partial charge in [0.25, 0.3) is 5.91 Å². The van der Waals surface area contributed by atoms with Gasteiger partial charge in [-0.1, -0.05) is 42.5 Å². The number of benzene rings is 2. The number of likely N-dealkylation sites (tertiary alicyclic amines) is 1. The number of carbonyl (C=O) groups excluding carboxylic acids is 2. The van der Waals surface area contributed by atoms with Crippen LogP contribution in [0.15, 0.2) is 48.5 Å². The number of morpholine rings is 1. The lowest BCUT2D eigenvalue weighted by Crippen LogP contribution is -2.67. The van der Waals surface area contributed by atoms with Crippen LogP contribution in [0.4, 0.5) is 4.39 Å². The molecule has 2 atom stereocenters. The number of amides is 2. The summed E-state index contributed by atoms with van der Waals surface area (Å²) in [6, 6.07) is 14.3. The molecule has 2 aromatic carbocycles. The van der Waals surface area contributed by atoms with Gasteiger partial charge in [-0.25, -0.2) is 4.39 Å². The number of fused-ring (bicyclic) bond motifs is 1. The first-order chi connectivity index (χ1) is 13.0. The second-order valence-electron chi connectivity index (χ2n) is 7.12. The fraction of sp³-hybridized carbons (Fsp3) is 0.333. The van der Waals surface area contributed by atoms with E-state index in [1.807, 2.05) is 30.3 Å². The molecule has 0 aliphatic carbocycles. The molecule has 1 N–H and O–H groups in total. The van der Waals surface area contributed by atoms with Crippen LogP contribution in [0.1, 0.15) is 27.9 Å². The minimum Gasteiger partial charge on any atom is -0.364 e. The van der Waals surface area contributed by atoms with Crippen LogP contribution in [0, 0.1) is 12.7 Å². The molecule has 2 heterocycles. The van der Waals surface area contributed by atoms with Gasteiger partial charge in [-0.05, 0) is 30.5 Å².